The second-order valence-corrected chi connectivity index (χ2v) is 4.83. The number of Topliss-reactive ketones (excluding diaryl/α,β-unsaturated/α-hetero) is 1. The summed E-state index contributed by atoms with van der Waals surface area (Å²) in [6.45, 7) is 7.95. The summed E-state index contributed by atoms with van der Waals surface area (Å²) in [7, 11) is 3.25. The Morgan fingerprint density at radius 3 is 2.13 bits per heavy atom. The van der Waals surface area contributed by atoms with E-state index in [9.17, 15) is 4.79 Å². The zero-order valence-electron chi connectivity index (χ0n) is 10.8. The molecule has 0 amide bonds. The molecule has 1 unspecified atom stereocenters. The van der Waals surface area contributed by atoms with Gasteiger partial charge in [0.2, 0.25) is 0 Å². The van der Waals surface area contributed by atoms with Crippen molar-refractivity contribution in [1.82, 2.24) is 0 Å². The number of methoxy groups -OCH3 is 2. The standard InChI is InChI=1S/C12H24O3/c1-9(2)11(14-5)10(13)7-8-12(3,4)15-6/h9,11H,7-8H2,1-6H3. The van der Waals surface area contributed by atoms with Gasteiger partial charge in [-0.15, -0.1) is 0 Å². The van der Waals surface area contributed by atoms with Crippen LogP contribution in [0.2, 0.25) is 0 Å². The third kappa shape index (κ3) is 5.28. The molecule has 15 heavy (non-hydrogen) atoms. The van der Waals surface area contributed by atoms with Crippen LogP contribution in [0.15, 0.2) is 0 Å². The Balaban J connectivity index is 4.13. The number of ketones is 1. The molecular formula is C12H24O3. The lowest BCUT2D eigenvalue weighted by Gasteiger charge is -2.24. The fourth-order valence-corrected chi connectivity index (χ4v) is 1.44. The van der Waals surface area contributed by atoms with E-state index in [1.807, 2.05) is 27.7 Å². The molecule has 0 aliphatic rings. The maximum atomic E-state index is 11.8. The molecule has 0 fully saturated rings. The molecule has 0 aromatic heterocycles. The van der Waals surface area contributed by atoms with Crippen molar-refractivity contribution in [3.05, 3.63) is 0 Å². The van der Waals surface area contributed by atoms with Crippen molar-refractivity contribution in [2.24, 2.45) is 5.92 Å². The van der Waals surface area contributed by atoms with Crippen LogP contribution in [0, 0.1) is 5.92 Å². The molecule has 1 atom stereocenters. The average Bonchev–Trinajstić information content (AvgIpc) is 2.15. The van der Waals surface area contributed by atoms with Crippen molar-refractivity contribution in [2.45, 2.75) is 52.2 Å². The molecule has 0 rings (SSSR count). The van der Waals surface area contributed by atoms with Crippen LogP contribution in [0.3, 0.4) is 0 Å². The molecule has 0 aliphatic carbocycles. The van der Waals surface area contributed by atoms with Gasteiger partial charge in [0.15, 0.2) is 5.78 Å². The highest BCUT2D eigenvalue weighted by atomic mass is 16.5. The minimum Gasteiger partial charge on any atom is -0.379 e. The van der Waals surface area contributed by atoms with E-state index in [1.54, 1.807) is 14.2 Å². The molecule has 0 spiro atoms. The summed E-state index contributed by atoms with van der Waals surface area (Å²) < 4.78 is 10.5. The van der Waals surface area contributed by atoms with Crippen LogP contribution in [0.5, 0.6) is 0 Å². The van der Waals surface area contributed by atoms with Crippen LogP contribution >= 0.6 is 0 Å². The number of ether oxygens (including phenoxy) is 2. The fraction of sp³-hybridized carbons (Fsp3) is 0.917. The summed E-state index contributed by atoms with van der Waals surface area (Å²) >= 11 is 0. The third-order valence-corrected chi connectivity index (χ3v) is 2.70. The smallest absolute Gasteiger partial charge is 0.161 e. The second kappa shape index (κ2) is 6.23. The van der Waals surface area contributed by atoms with Gasteiger partial charge in [-0.2, -0.15) is 0 Å². The first-order valence-electron chi connectivity index (χ1n) is 5.44. The van der Waals surface area contributed by atoms with E-state index in [0.29, 0.717) is 6.42 Å². The van der Waals surface area contributed by atoms with Crippen molar-refractivity contribution in [3.8, 4) is 0 Å². The monoisotopic (exact) mass is 216 g/mol. The lowest BCUT2D eigenvalue weighted by atomic mass is 9.95. The first kappa shape index (κ1) is 14.6. The summed E-state index contributed by atoms with van der Waals surface area (Å²) in [6, 6.07) is 0. The minimum atomic E-state index is -0.280. The molecule has 90 valence electrons. The Morgan fingerprint density at radius 1 is 1.27 bits per heavy atom. The van der Waals surface area contributed by atoms with Crippen LogP contribution in [0.25, 0.3) is 0 Å². The van der Waals surface area contributed by atoms with Crippen LogP contribution in [0.1, 0.15) is 40.5 Å². The van der Waals surface area contributed by atoms with Crippen LogP contribution in [-0.2, 0) is 14.3 Å². The van der Waals surface area contributed by atoms with Crippen molar-refractivity contribution >= 4 is 5.78 Å². The molecule has 3 nitrogen and oxygen atoms in total. The molecule has 0 bridgehead atoms. The molecular weight excluding hydrogens is 192 g/mol. The lowest BCUT2D eigenvalue weighted by molar-refractivity contribution is -0.132. The Morgan fingerprint density at radius 2 is 1.80 bits per heavy atom. The molecule has 0 saturated carbocycles. The highest BCUT2D eigenvalue weighted by Gasteiger charge is 2.24. The van der Waals surface area contributed by atoms with Crippen LogP contribution < -0.4 is 0 Å². The molecule has 0 heterocycles. The average molecular weight is 216 g/mol. The van der Waals surface area contributed by atoms with Crippen molar-refractivity contribution in [2.75, 3.05) is 14.2 Å². The van der Waals surface area contributed by atoms with Crippen molar-refractivity contribution < 1.29 is 14.3 Å². The molecule has 0 radical (unpaired) electrons. The van der Waals surface area contributed by atoms with Crippen LogP contribution in [-0.4, -0.2) is 31.7 Å². The maximum absolute atomic E-state index is 11.8. The summed E-state index contributed by atoms with van der Waals surface area (Å²) in [6.07, 6.45) is 0.963. The van der Waals surface area contributed by atoms with Gasteiger partial charge in [-0.25, -0.2) is 0 Å². The molecule has 0 aromatic carbocycles. The van der Waals surface area contributed by atoms with Gasteiger partial charge in [0.1, 0.15) is 6.10 Å². The molecule has 0 N–H and O–H groups in total. The van der Waals surface area contributed by atoms with Gasteiger partial charge in [-0.1, -0.05) is 13.8 Å². The topological polar surface area (TPSA) is 35.5 Å². The molecule has 0 aliphatic heterocycles. The lowest BCUT2D eigenvalue weighted by Crippen LogP contribution is -2.31. The van der Waals surface area contributed by atoms with Crippen LogP contribution in [0.4, 0.5) is 0 Å². The Kier molecular flexibility index (Phi) is 6.06. The maximum Gasteiger partial charge on any atom is 0.161 e. The van der Waals surface area contributed by atoms with E-state index in [1.165, 1.54) is 0 Å². The fourth-order valence-electron chi connectivity index (χ4n) is 1.44. The Bertz CT molecular complexity index is 197. The predicted octanol–water partition coefficient (Wildman–Crippen LogP) is 2.43. The second-order valence-electron chi connectivity index (χ2n) is 4.83. The largest absolute Gasteiger partial charge is 0.379 e. The summed E-state index contributed by atoms with van der Waals surface area (Å²) in [5.74, 6) is 0.394. The number of hydrogen-bond donors (Lipinski definition) is 0. The summed E-state index contributed by atoms with van der Waals surface area (Å²) in [5, 5.41) is 0. The van der Waals surface area contributed by atoms with E-state index in [0.717, 1.165) is 6.42 Å². The molecule has 3 heteroatoms. The highest BCUT2D eigenvalue weighted by molar-refractivity contribution is 5.83. The van der Waals surface area contributed by atoms with Gasteiger partial charge in [0, 0.05) is 20.6 Å². The first-order valence-corrected chi connectivity index (χ1v) is 5.44. The minimum absolute atomic E-state index is 0.164. The quantitative estimate of drug-likeness (QED) is 0.655. The Hall–Kier alpha value is -0.410. The highest BCUT2D eigenvalue weighted by Crippen LogP contribution is 2.18. The number of hydrogen-bond acceptors (Lipinski definition) is 3. The van der Waals surface area contributed by atoms with E-state index in [4.69, 9.17) is 9.47 Å². The zero-order valence-corrected chi connectivity index (χ0v) is 10.8. The van der Waals surface area contributed by atoms with E-state index >= 15 is 0 Å². The van der Waals surface area contributed by atoms with E-state index in [-0.39, 0.29) is 23.4 Å². The molecule has 0 saturated heterocycles. The molecule has 0 aromatic rings. The van der Waals surface area contributed by atoms with Gasteiger partial charge in [0.05, 0.1) is 5.60 Å². The van der Waals surface area contributed by atoms with Gasteiger partial charge in [-0.3, -0.25) is 4.79 Å². The third-order valence-electron chi connectivity index (χ3n) is 2.70. The van der Waals surface area contributed by atoms with Crippen molar-refractivity contribution in [3.63, 3.8) is 0 Å². The number of carbonyl (C=O) groups is 1. The first-order chi connectivity index (χ1) is 6.84. The summed E-state index contributed by atoms with van der Waals surface area (Å²) in [4.78, 5) is 11.8. The van der Waals surface area contributed by atoms with E-state index < -0.39 is 0 Å². The van der Waals surface area contributed by atoms with Gasteiger partial charge < -0.3 is 9.47 Å². The SMILES string of the molecule is COC(C(=O)CCC(C)(C)OC)C(C)C. The number of carbonyl (C=O) groups excluding carboxylic acids is 1. The Labute approximate surface area is 93.1 Å². The summed E-state index contributed by atoms with van der Waals surface area (Å²) in [5.41, 5.74) is -0.231. The van der Waals surface area contributed by atoms with Gasteiger partial charge >= 0.3 is 0 Å². The van der Waals surface area contributed by atoms with E-state index in [2.05, 4.69) is 0 Å². The van der Waals surface area contributed by atoms with Crippen molar-refractivity contribution in [1.29, 1.82) is 0 Å². The van der Waals surface area contributed by atoms with Gasteiger partial charge in [-0.05, 0) is 26.2 Å². The number of rotatable bonds is 7. The predicted molar refractivity (Wildman–Crippen MR) is 61.0 cm³/mol. The zero-order chi connectivity index (χ0) is 12.1. The normalized spacial score (nSPS) is 14.3. The van der Waals surface area contributed by atoms with Gasteiger partial charge in [0.25, 0.3) is 0 Å².